The van der Waals surface area contributed by atoms with E-state index >= 15 is 0 Å². The number of hydrogen-bond donors (Lipinski definition) is 1. The van der Waals surface area contributed by atoms with Crippen molar-refractivity contribution in [2.75, 3.05) is 12.0 Å². The number of hydrogen-bond acceptors (Lipinski definition) is 5. The molecule has 0 aliphatic carbocycles. The van der Waals surface area contributed by atoms with Gasteiger partial charge in [0.25, 0.3) is 11.2 Å². The lowest BCUT2D eigenvalue weighted by atomic mass is 10.1. The van der Waals surface area contributed by atoms with E-state index in [-0.39, 0.29) is 11.2 Å². The topological polar surface area (TPSA) is 95.0 Å². The SMILES string of the molecule is CCCNn1cc(-c2nc3cccc(C)c3n(C)c2=O)c2ccc([N+](=O)[O-])cc21. The summed E-state index contributed by atoms with van der Waals surface area (Å²) in [5, 5.41) is 12.0. The summed E-state index contributed by atoms with van der Waals surface area (Å²) >= 11 is 0. The van der Waals surface area contributed by atoms with Gasteiger partial charge in [-0.15, -0.1) is 0 Å². The third-order valence-electron chi connectivity index (χ3n) is 5.08. The lowest BCUT2D eigenvalue weighted by Crippen LogP contribution is -2.21. The summed E-state index contributed by atoms with van der Waals surface area (Å²) in [6.07, 6.45) is 2.68. The lowest BCUT2D eigenvalue weighted by molar-refractivity contribution is -0.384. The highest BCUT2D eigenvalue weighted by atomic mass is 16.6. The minimum Gasteiger partial charge on any atom is -0.326 e. The van der Waals surface area contributed by atoms with Crippen LogP contribution in [0.2, 0.25) is 0 Å². The Morgan fingerprint density at radius 2 is 2.03 bits per heavy atom. The standard InChI is InChI=1S/C21H21N5O3/c1-4-10-22-25-12-16(15-9-8-14(26(28)29)11-18(15)25)19-21(27)24(3)20-13(2)6-5-7-17(20)23-19/h5-9,11-12,22H,4,10H2,1-3H3. The van der Waals surface area contributed by atoms with E-state index in [9.17, 15) is 14.9 Å². The summed E-state index contributed by atoms with van der Waals surface area (Å²) in [5.74, 6) is 0. The summed E-state index contributed by atoms with van der Waals surface area (Å²) in [6.45, 7) is 4.67. The number of benzene rings is 2. The van der Waals surface area contributed by atoms with E-state index in [0.717, 1.165) is 28.4 Å². The molecule has 0 atom stereocenters. The van der Waals surface area contributed by atoms with Crippen molar-refractivity contribution in [3.63, 3.8) is 0 Å². The zero-order valence-electron chi connectivity index (χ0n) is 16.5. The second-order valence-corrected chi connectivity index (χ2v) is 7.05. The van der Waals surface area contributed by atoms with E-state index in [0.29, 0.717) is 23.3 Å². The molecule has 0 fully saturated rings. The second-order valence-electron chi connectivity index (χ2n) is 7.05. The number of nitrogens with one attached hydrogen (secondary N) is 1. The van der Waals surface area contributed by atoms with Crippen LogP contribution < -0.4 is 11.0 Å². The number of aromatic nitrogens is 3. The Morgan fingerprint density at radius 3 is 2.76 bits per heavy atom. The van der Waals surface area contributed by atoms with Crippen LogP contribution in [0.15, 0.2) is 47.4 Å². The van der Waals surface area contributed by atoms with E-state index in [2.05, 4.69) is 10.4 Å². The molecule has 0 radical (unpaired) electrons. The van der Waals surface area contributed by atoms with E-state index in [4.69, 9.17) is 0 Å². The molecule has 2 aromatic heterocycles. The normalized spacial score (nSPS) is 11.3. The molecule has 0 amide bonds. The van der Waals surface area contributed by atoms with Crippen LogP contribution >= 0.6 is 0 Å². The number of para-hydroxylation sites is 1. The molecule has 0 bridgehead atoms. The third-order valence-corrected chi connectivity index (χ3v) is 5.08. The lowest BCUT2D eigenvalue weighted by Gasteiger charge is -2.09. The maximum Gasteiger partial charge on any atom is 0.277 e. The largest absolute Gasteiger partial charge is 0.326 e. The van der Waals surface area contributed by atoms with Gasteiger partial charge in [-0.2, -0.15) is 0 Å². The molecule has 8 nitrogen and oxygen atoms in total. The van der Waals surface area contributed by atoms with Crippen molar-refractivity contribution in [3.8, 4) is 11.3 Å². The first-order valence-corrected chi connectivity index (χ1v) is 9.42. The maximum absolute atomic E-state index is 13.1. The number of non-ortho nitro benzene ring substituents is 1. The first-order chi connectivity index (χ1) is 13.9. The minimum absolute atomic E-state index is 0.00306. The molecule has 8 heteroatoms. The molecule has 4 aromatic rings. The summed E-state index contributed by atoms with van der Waals surface area (Å²) in [4.78, 5) is 28.6. The van der Waals surface area contributed by atoms with E-state index in [1.807, 2.05) is 32.0 Å². The van der Waals surface area contributed by atoms with E-state index < -0.39 is 4.92 Å². The molecule has 1 N–H and O–H groups in total. The average molecular weight is 391 g/mol. The van der Waals surface area contributed by atoms with Gasteiger partial charge in [0.1, 0.15) is 5.69 Å². The van der Waals surface area contributed by atoms with Crippen LogP contribution in [0, 0.1) is 17.0 Å². The molecule has 4 rings (SSSR count). The first kappa shape index (κ1) is 18.7. The van der Waals surface area contributed by atoms with Crippen molar-refractivity contribution in [2.45, 2.75) is 20.3 Å². The van der Waals surface area contributed by atoms with Gasteiger partial charge in [0.15, 0.2) is 0 Å². The number of fused-ring (bicyclic) bond motifs is 2. The Labute approximate surface area is 166 Å². The van der Waals surface area contributed by atoms with Gasteiger partial charge >= 0.3 is 0 Å². The number of aryl methyl sites for hydroxylation is 2. The van der Waals surface area contributed by atoms with Crippen LogP contribution in [0.1, 0.15) is 18.9 Å². The van der Waals surface area contributed by atoms with Crippen molar-refractivity contribution < 1.29 is 4.92 Å². The zero-order chi connectivity index (χ0) is 20.7. The fourth-order valence-corrected chi connectivity index (χ4v) is 3.65. The van der Waals surface area contributed by atoms with Crippen LogP contribution in [0.3, 0.4) is 0 Å². The molecule has 2 heterocycles. The van der Waals surface area contributed by atoms with Crippen LogP contribution in [0.25, 0.3) is 33.2 Å². The van der Waals surface area contributed by atoms with Gasteiger partial charge in [-0.3, -0.25) is 19.6 Å². The zero-order valence-corrected chi connectivity index (χ0v) is 16.5. The fourth-order valence-electron chi connectivity index (χ4n) is 3.65. The summed E-state index contributed by atoms with van der Waals surface area (Å²) in [6, 6.07) is 10.4. The Morgan fingerprint density at radius 1 is 1.24 bits per heavy atom. The number of nitro benzene ring substituents is 1. The number of nitrogens with zero attached hydrogens (tertiary/aromatic N) is 4. The quantitative estimate of drug-likeness (QED) is 0.413. The molecule has 0 spiro atoms. The highest BCUT2D eigenvalue weighted by molar-refractivity contribution is 5.97. The van der Waals surface area contributed by atoms with Gasteiger partial charge in [0.2, 0.25) is 0 Å². The first-order valence-electron chi connectivity index (χ1n) is 9.42. The van der Waals surface area contributed by atoms with Crippen molar-refractivity contribution in [1.29, 1.82) is 0 Å². The Hall–Kier alpha value is -3.68. The second kappa shape index (κ2) is 7.05. The van der Waals surface area contributed by atoms with Crippen LogP contribution in [0.5, 0.6) is 0 Å². The Balaban J connectivity index is 2.02. The van der Waals surface area contributed by atoms with Crippen molar-refractivity contribution in [1.82, 2.24) is 14.2 Å². The molecule has 0 aliphatic heterocycles. The van der Waals surface area contributed by atoms with Crippen molar-refractivity contribution in [3.05, 3.63) is 68.6 Å². The predicted octanol–water partition coefficient (Wildman–Crippen LogP) is 3.73. The van der Waals surface area contributed by atoms with Crippen LogP contribution in [-0.4, -0.2) is 25.7 Å². The Bertz CT molecular complexity index is 1320. The average Bonchev–Trinajstić information content (AvgIpc) is 3.06. The molecule has 0 unspecified atom stereocenters. The van der Waals surface area contributed by atoms with Gasteiger partial charge in [-0.05, 0) is 31.0 Å². The van der Waals surface area contributed by atoms with Crippen molar-refractivity contribution >= 4 is 27.6 Å². The Kier molecular flexibility index (Phi) is 4.54. The van der Waals surface area contributed by atoms with Crippen LogP contribution in [-0.2, 0) is 7.05 Å². The molecular weight excluding hydrogens is 370 g/mol. The molecule has 29 heavy (non-hydrogen) atoms. The van der Waals surface area contributed by atoms with Crippen LogP contribution in [0.4, 0.5) is 5.69 Å². The highest BCUT2D eigenvalue weighted by Gasteiger charge is 2.19. The molecule has 148 valence electrons. The fraction of sp³-hybridized carbons (Fsp3) is 0.238. The van der Waals surface area contributed by atoms with Gasteiger partial charge in [0, 0.05) is 42.9 Å². The monoisotopic (exact) mass is 391 g/mol. The maximum atomic E-state index is 13.1. The summed E-state index contributed by atoms with van der Waals surface area (Å²) in [7, 11) is 1.74. The highest BCUT2D eigenvalue weighted by Crippen LogP contribution is 2.31. The van der Waals surface area contributed by atoms with Gasteiger partial charge in [0.05, 0.1) is 21.5 Å². The van der Waals surface area contributed by atoms with Gasteiger partial charge in [-0.25, -0.2) is 4.98 Å². The number of rotatable bonds is 5. The third kappa shape index (κ3) is 3.02. The molecular formula is C21H21N5O3. The molecule has 0 saturated carbocycles. The predicted molar refractivity (Wildman–Crippen MR) is 114 cm³/mol. The molecule has 0 aliphatic rings. The van der Waals surface area contributed by atoms with E-state index in [1.54, 1.807) is 28.6 Å². The minimum atomic E-state index is -0.424. The van der Waals surface area contributed by atoms with Crippen molar-refractivity contribution in [2.24, 2.45) is 7.05 Å². The smallest absolute Gasteiger partial charge is 0.277 e. The van der Waals surface area contributed by atoms with Gasteiger partial charge < -0.3 is 9.99 Å². The van der Waals surface area contributed by atoms with Gasteiger partial charge in [-0.1, -0.05) is 19.1 Å². The summed E-state index contributed by atoms with van der Waals surface area (Å²) < 4.78 is 3.35. The van der Waals surface area contributed by atoms with E-state index in [1.165, 1.54) is 12.1 Å². The molecule has 2 aromatic carbocycles. The molecule has 0 saturated heterocycles. The number of nitro groups is 1. The summed E-state index contributed by atoms with van der Waals surface area (Å²) in [5.41, 5.74) is 7.12.